The zero-order valence-corrected chi connectivity index (χ0v) is 13.4. The van der Waals surface area contributed by atoms with Gasteiger partial charge in [0.1, 0.15) is 5.69 Å². The molecule has 0 amide bonds. The standard InChI is InChI=1S/C18H14F2N4O/c1-25-16-5-10(4-14(19)17(16)20)12-6-13(12)11-7-23-18(24-8-11)15-9-21-2-3-22-15/h2-5,7-9,12-13H,6H2,1H3/t12-,13-/m0/s1. The Bertz CT molecular complexity index is 903. The van der Waals surface area contributed by atoms with Crippen molar-refractivity contribution in [2.24, 2.45) is 0 Å². The zero-order valence-electron chi connectivity index (χ0n) is 13.4. The molecule has 2 aromatic heterocycles. The van der Waals surface area contributed by atoms with Gasteiger partial charge in [-0.2, -0.15) is 4.39 Å². The van der Waals surface area contributed by atoms with Gasteiger partial charge in [0.2, 0.25) is 5.82 Å². The third-order valence-corrected chi connectivity index (χ3v) is 4.35. The first-order valence-electron chi connectivity index (χ1n) is 7.78. The summed E-state index contributed by atoms with van der Waals surface area (Å²) in [6, 6.07) is 2.79. The molecule has 0 bridgehead atoms. The van der Waals surface area contributed by atoms with Crippen molar-refractivity contribution in [3.63, 3.8) is 0 Å². The maximum absolute atomic E-state index is 13.7. The molecule has 7 heteroatoms. The van der Waals surface area contributed by atoms with Crippen molar-refractivity contribution in [1.29, 1.82) is 0 Å². The Morgan fingerprint density at radius 2 is 1.72 bits per heavy atom. The third kappa shape index (κ3) is 2.93. The maximum atomic E-state index is 13.7. The minimum atomic E-state index is -0.958. The van der Waals surface area contributed by atoms with Crippen LogP contribution in [0.15, 0.2) is 43.1 Å². The lowest BCUT2D eigenvalue weighted by molar-refractivity contribution is 0.371. The van der Waals surface area contributed by atoms with E-state index in [1.807, 2.05) is 0 Å². The summed E-state index contributed by atoms with van der Waals surface area (Å²) in [4.78, 5) is 16.8. The second-order valence-electron chi connectivity index (χ2n) is 5.90. The summed E-state index contributed by atoms with van der Waals surface area (Å²) in [7, 11) is 1.32. The Hall–Kier alpha value is -2.96. The fourth-order valence-corrected chi connectivity index (χ4v) is 2.95. The molecule has 0 spiro atoms. The molecular weight excluding hydrogens is 326 g/mol. The van der Waals surface area contributed by atoms with Crippen molar-refractivity contribution in [3.8, 4) is 17.3 Å². The number of methoxy groups -OCH3 is 1. The fourth-order valence-electron chi connectivity index (χ4n) is 2.95. The molecule has 0 aliphatic heterocycles. The Kier molecular flexibility index (Phi) is 3.83. The molecule has 5 nitrogen and oxygen atoms in total. The second-order valence-corrected chi connectivity index (χ2v) is 5.90. The second kappa shape index (κ2) is 6.16. The van der Waals surface area contributed by atoms with E-state index in [0.717, 1.165) is 17.5 Å². The lowest BCUT2D eigenvalue weighted by atomic mass is 10.1. The number of benzene rings is 1. The average molecular weight is 340 g/mol. The summed E-state index contributed by atoms with van der Waals surface area (Å²) in [5.41, 5.74) is 2.28. The van der Waals surface area contributed by atoms with Gasteiger partial charge in [-0.05, 0) is 41.5 Å². The van der Waals surface area contributed by atoms with Gasteiger partial charge in [-0.1, -0.05) is 0 Å². The van der Waals surface area contributed by atoms with Gasteiger partial charge in [-0.15, -0.1) is 0 Å². The number of hydrogen-bond acceptors (Lipinski definition) is 5. The smallest absolute Gasteiger partial charge is 0.200 e. The molecule has 126 valence electrons. The molecule has 1 aliphatic rings. The summed E-state index contributed by atoms with van der Waals surface area (Å²) in [6.45, 7) is 0. The van der Waals surface area contributed by atoms with Crippen LogP contribution in [0.3, 0.4) is 0 Å². The van der Waals surface area contributed by atoms with Crippen LogP contribution in [-0.2, 0) is 0 Å². The normalized spacial score (nSPS) is 18.8. The van der Waals surface area contributed by atoms with Crippen LogP contribution in [0, 0.1) is 11.6 Å². The van der Waals surface area contributed by atoms with Crippen LogP contribution in [0.5, 0.6) is 5.75 Å². The Morgan fingerprint density at radius 3 is 2.40 bits per heavy atom. The number of ether oxygens (including phenoxy) is 1. The van der Waals surface area contributed by atoms with E-state index in [4.69, 9.17) is 4.74 Å². The van der Waals surface area contributed by atoms with E-state index in [-0.39, 0.29) is 17.6 Å². The van der Waals surface area contributed by atoms with Crippen molar-refractivity contribution >= 4 is 0 Å². The van der Waals surface area contributed by atoms with Crippen molar-refractivity contribution in [3.05, 3.63) is 65.9 Å². The highest BCUT2D eigenvalue weighted by Crippen LogP contribution is 2.55. The van der Waals surface area contributed by atoms with Crippen LogP contribution in [0.25, 0.3) is 11.5 Å². The maximum Gasteiger partial charge on any atom is 0.200 e. The van der Waals surface area contributed by atoms with Gasteiger partial charge < -0.3 is 4.74 Å². The minimum Gasteiger partial charge on any atom is -0.494 e. The predicted molar refractivity (Wildman–Crippen MR) is 86.1 cm³/mol. The lowest BCUT2D eigenvalue weighted by Crippen LogP contribution is -1.96. The van der Waals surface area contributed by atoms with Gasteiger partial charge in [0.15, 0.2) is 17.4 Å². The lowest BCUT2D eigenvalue weighted by Gasteiger charge is -2.07. The van der Waals surface area contributed by atoms with E-state index in [1.165, 1.54) is 13.2 Å². The molecule has 0 N–H and O–H groups in total. The van der Waals surface area contributed by atoms with Crippen LogP contribution in [0.4, 0.5) is 8.78 Å². The molecule has 3 aromatic rings. The van der Waals surface area contributed by atoms with Crippen LogP contribution in [0.2, 0.25) is 0 Å². The highest BCUT2D eigenvalue weighted by Gasteiger charge is 2.40. The summed E-state index contributed by atoms with van der Waals surface area (Å²) in [5.74, 6) is -1.13. The van der Waals surface area contributed by atoms with E-state index in [9.17, 15) is 8.78 Å². The number of halogens is 2. The number of hydrogen-bond donors (Lipinski definition) is 0. The first-order valence-corrected chi connectivity index (χ1v) is 7.78. The van der Waals surface area contributed by atoms with Gasteiger partial charge >= 0.3 is 0 Å². The number of nitrogens with zero attached hydrogens (tertiary/aromatic N) is 4. The number of rotatable bonds is 4. The molecule has 2 heterocycles. The molecular formula is C18H14F2N4O. The molecule has 0 unspecified atom stereocenters. The summed E-state index contributed by atoms with van der Waals surface area (Å²) < 4.78 is 32.2. The van der Waals surface area contributed by atoms with Crippen molar-refractivity contribution in [2.75, 3.05) is 7.11 Å². The van der Waals surface area contributed by atoms with E-state index in [2.05, 4.69) is 19.9 Å². The highest BCUT2D eigenvalue weighted by atomic mass is 19.2. The first kappa shape index (κ1) is 15.6. The van der Waals surface area contributed by atoms with Gasteiger partial charge in [0.25, 0.3) is 0 Å². The van der Waals surface area contributed by atoms with Crippen LogP contribution in [-0.4, -0.2) is 27.0 Å². The molecule has 4 rings (SSSR count). The SMILES string of the molecule is COc1cc([C@@H]2C[C@H]2c2cnc(-c3cnccn3)nc2)cc(F)c1F. The van der Waals surface area contributed by atoms with E-state index < -0.39 is 11.6 Å². The van der Waals surface area contributed by atoms with Gasteiger partial charge in [0, 0.05) is 24.8 Å². The monoisotopic (exact) mass is 340 g/mol. The molecule has 0 radical (unpaired) electrons. The Labute approximate surface area is 142 Å². The Balaban J connectivity index is 1.55. The average Bonchev–Trinajstić information content (AvgIpc) is 3.45. The summed E-state index contributed by atoms with van der Waals surface area (Å²) in [5, 5.41) is 0. The topological polar surface area (TPSA) is 60.8 Å². The largest absolute Gasteiger partial charge is 0.494 e. The summed E-state index contributed by atoms with van der Waals surface area (Å²) in [6.07, 6.45) is 9.10. The Morgan fingerprint density at radius 1 is 0.960 bits per heavy atom. The van der Waals surface area contributed by atoms with Gasteiger partial charge in [0.05, 0.1) is 13.3 Å². The van der Waals surface area contributed by atoms with Crippen LogP contribution >= 0.6 is 0 Å². The van der Waals surface area contributed by atoms with Gasteiger partial charge in [-0.25, -0.2) is 19.3 Å². The minimum absolute atomic E-state index is 0.0742. The molecule has 0 saturated heterocycles. The fraction of sp³-hybridized carbons (Fsp3) is 0.222. The van der Waals surface area contributed by atoms with Crippen molar-refractivity contribution < 1.29 is 13.5 Å². The van der Waals surface area contributed by atoms with E-state index >= 15 is 0 Å². The molecule has 25 heavy (non-hydrogen) atoms. The molecule has 1 fully saturated rings. The zero-order chi connectivity index (χ0) is 17.4. The molecule has 1 aliphatic carbocycles. The predicted octanol–water partition coefficient (Wildman–Crippen LogP) is 3.49. The first-order chi connectivity index (χ1) is 12.2. The van der Waals surface area contributed by atoms with Crippen molar-refractivity contribution in [1.82, 2.24) is 19.9 Å². The van der Waals surface area contributed by atoms with Crippen molar-refractivity contribution in [2.45, 2.75) is 18.3 Å². The third-order valence-electron chi connectivity index (χ3n) is 4.35. The quantitative estimate of drug-likeness (QED) is 0.727. The van der Waals surface area contributed by atoms with Gasteiger partial charge in [-0.3, -0.25) is 4.98 Å². The van der Waals surface area contributed by atoms with Crippen LogP contribution in [0.1, 0.15) is 29.4 Å². The molecule has 2 atom stereocenters. The van der Waals surface area contributed by atoms with E-state index in [0.29, 0.717) is 11.5 Å². The molecule has 1 saturated carbocycles. The summed E-state index contributed by atoms with van der Waals surface area (Å²) >= 11 is 0. The van der Waals surface area contributed by atoms with Crippen LogP contribution < -0.4 is 4.74 Å². The number of aromatic nitrogens is 4. The molecule has 1 aromatic carbocycles. The highest BCUT2D eigenvalue weighted by molar-refractivity contribution is 5.47. The van der Waals surface area contributed by atoms with E-state index in [1.54, 1.807) is 37.1 Å².